The zero-order chi connectivity index (χ0) is 19.8. The van der Waals surface area contributed by atoms with Crippen LogP contribution >= 0.6 is 11.3 Å². The SMILES string of the molecule is CS(=O)(=O)Nc1nnc(NC(=O)C2(c3ccc4c(c3)OCO4)CCCCC2)s1. The first-order valence-electron chi connectivity index (χ1n) is 8.89. The minimum atomic E-state index is -3.45. The predicted molar refractivity (Wildman–Crippen MR) is 104 cm³/mol. The average molecular weight is 425 g/mol. The lowest BCUT2D eigenvalue weighted by Gasteiger charge is -2.36. The Morgan fingerprint density at radius 1 is 1.11 bits per heavy atom. The summed E-state index contributed by atoms with van der Waals surface area (Å²) in [6.45, 7) is 0.179. The Kier molecular flexibility index (Phi) is 4.88. The van der Waals surface area contributed by atoms with Gasteiger partial charge >= 0.3 is 0 Å². The summed E-state index contributed by atoms with van der Waals surface area (Å²) in [5.74, 6) is 1.15. The van der Waals surface area contributed by atoms with E-state index in [9.17, 15) is 13.2 Å². The summed E-state index contributed by atoms with van der Waals surface area (Å²) >= 11 is 0.977. The smallest absolute Gasteiger partial charge is 0.236 e. The third-order valence-corrected chi connectivity index (χ3v) is 6.43. The van der Waals surface area contributed by atoms with Gasteiger partial charge in [0.1, 0.15) is 0 Å². The molecule has 150 valence electrons. The quantitative estimate of drug-likeness (QED) is 0.757. The van der Waals surface area contributed by atoms with Gasteiger partial charge in [-0.2, -0.15) is 0 Å². The number of sulfonamides is 1. The molecule has 28 heavy (non-hydrogen) atoms. The fourth-order valence-electron chi connectivity index (χ4n) is 3.69. The van der Waals surface area contributed by atoms with Crippen LogP contribution in [-0.2, 0) is 20.2 Å². The number of nitrogens with one attached hydrogen (secondary N) is 2. The topological polar surface area (TPSA) is 120 Å². The van der Waals surface area contributed by atoms with Crippen molar-refractivity contribution in [3.8, 4) is 11.5 Å². The van der Waals surface area contributed by atoms with Crippen molar-refractivity contribution in [2.45, 2.75) is 37.5 Å². The van der Waals surface area contributed by atoms with Gasteiger partial charge in [0.25, 0.3) is 0 Å². The number of carbonyl (C=O) groups excluding carboxylic acids is 1. The van der Waals surface area contributed by atoms with E-state index in [0.717, 1.165) is 42.4 Å². The number of ether oxygens (including phenoxy) is 2. The molecule has 0 saturated heterocycles. The van der Waals surface area contributed by atoms with E-state index < -0.39 is 15.4 Å². The molecule has 1 fully saturated rings. The van der Waals surface area contributed by atoms with Crippen molar-refractivity contribution in [3.05, 3.63) is 23.8 Å². The highest BCUT2D eigenvalue weighted by molar-refractivity contribution is 7.92. The van der Waals surface area contributed by atoms with Crippen molar-refractivity contribution in [2.75, 3.05) is 23.1 Å². The van der Waals surface area contributed by atoms with Crippen LogP contribution in [-0.4, -0.2) is 37.6 Å². The monoisotopic (exact) mass is 424 g/mol. The van der Waals surface area contributed by atoms with E-state index in [1.54, 1.807) is 0 Å². The Labute approximate surface area is 166 Å². The fraction of sp³-hybridized carbons (Fsp3) is 0.471. The van der Waals surface area contributed by atoms with Crippen molar-refractivity contribution in [1.82, 2.24) is 10.2 Å². The first-order chi connectivity index (χ1) is 13.4. The molecule has 11 heteroatoms. The standard InChI is InChI=1S/C17H20N4O5S2/c1-28(23,24)21-16-20-19-15(27-16)18-14(22)17(7-3-2-4-8-17)11-5-6-12-13(9-11)26-10-25-12/h5-6,9H,2-4,7-8,10H2,1H3,(H,20,21)(H,18,19,22). The maximum atomic E-state index is 13.3. The maximum absolute atomic E-state index is 13.3. The van der Waals surface area contributed by atoms with Gasteiger partial charge in [-0.1, -0.05) is 36.7 Å². The van der Waals surface area contributed by atoms with E-state index >= 15 is 0 Å². The second-order valence-corrected chi connectivity index (χ2v) is 9.68. The summed E-state index contributed by atoms with van der Waals surface area (Å²) in [5.41, 5.74) is 0.183. The van der Waals surface area contributed by atoms with Gasteiger partial charge in [-0.15, -0.1) is 10.2 Å². The van der Waals surface area contributed by atoms with Crippen molar-refractivity contribution >= 4 is 37.5 Å². The number of amides is 1. The predicted octanol–water partition coefficient (Wildman–Crippen LogP) is 2.48. The second kappa shape index (κ2) is 7.21. The van der Waals surface area contributed by atoms with Crippen molar-refractivity contribution in [1.29, 1.82) is 0 Å². The summed E-state index contributed by atoms with van der Waals surface area (Å²) in [6.07, 6.45) is 5.43. The lowest BCUT2D eigenvalue weighted by atomic mass is 9.68. The van der Waals surface area contributed by atoms with Crippen LogP contribution in [0.15, 0.2) is 18.2 Å². The van der Waals surface area contributed by atoms with Gasteiger partial charge in [0.2, 0.25) is 33.0 Å². The fourth-order valence-corrected chi connectivity index (χ4v) is 5.16. The summed E-state index contributed by atoms with van der Waals surface area (Å²) < 4.78 is 35.8. The number of fused-ring (bicyclic) bond motifs is 1. The van der Waals surface area contributed by atoms with E-state index in [1.165, 1.54) is 0 Å². The third kappa shape index (κ3) is 3.76. The van der Waals surface area contributed by atoms with Gasteiger partial charge in [-0.05, 0) is 30.5 Å². The van der Waals surface area contributed by atoms with Crippen LogP contribution < -0.4 is 19.5 Å². The van der Waals surface area contributed by atoms with E-state index in [0.29, 0.717) is 24.3 Å². The Bertz CT molecular complexity index is 999. The van der Waals surface area contributed by atoms with Crippen LogP contribution in [0.3, 0.4) is 0 Å². The zero-order valence-electron chi connectivity index (χ0n) is 15.2. The van der Waals surface area contributed by atoms with Crippen LogP contribution in [0, 0.1) is 0 Å². The Morgan fingerprint density at radius 2 is 1.82 bits per heavy atom. The summed E-state index contributed by atoms with van der Waals surface area (Å²) in [4.78, 5) is 13.3. The molecular weight excluding hydrogens is 404 g/mol. The molecule has 9 nitrogen and oxygen atoms in total. The van der Waals surface area contributed by atoms with Crippen molar-refractivity contribution in [3.63, 3.8) is 0 Å². The highest BCUT2D eigenvalue weighted by atomic mass is 32.2. The Balaban J connectivity index is 1.60. The van der Waals surface area contributed by atoms with Crippen LogP contribution in [0.5, 0.6) is 11.5 Å². The van der Waals surface area contributed by atoms with E-state index in [-0.39, 0.29) is 23.0 Å². The molecule has 0 unspecified atom stereocenters. The van der Waals surface area contributed by atoms with Crippen LogP contribution in [0.2, 0.25) is 0 Å². The van der Waals surface area contributed by atoms with Crippen molar-refractivity contribution in [2.24, 2.45) is 0 Å². The third-order valence-electron chi connectivity index (χ3n) is 4.99. The number of rotatable bonds is 5. The molecule has 1 aliphatic carbocycles. The number of hydrogen-bond donors (Lipinski definition) is 2. The molecule has 1 aliphatic heterocycles. The van der Waals surface area contributed by atoms with Gasteiger partial charge in [-0.25, -0.2) is 8.42 Å². The second-order valence-electron chi connectivity index (χ2n) is 6.95. The molecule has 1 aromatic carbocycles. The van der Waals surface area contributed by atoms with Crippen molar-refractivity contribution < 1.29 is 22.7 Å². The summed E-state index contributed by atoms with van der Waals surface area (Å²) in [5, 5.41) is 10.8. The van der Waals surface area contributed by atoms with Crippen LogP contribution in [0.4, 0.5) is 10.3 Å². The number of hydrogen-bond acceptors (Lipinski definition) is 8. The van der Waals surface area contributed by atoms with Gasteiger partial charge in [0.15, 0.2) is 11.5 Å². The average Bonchev–Trinajstić information content (AvgIpc) is 3.29. The van der Waals surface area contributed by atoms with Crippen LogP contribution in [0.25, 0.3) is 0 Å². The Morgan fingerprint density at radius 3 is 2.57 bits per heavy atom. The normalized spacial score (nSPS) is 17.9. The lowest BCUT2D eigenvalue weighted by molar-refractivity contribution is -0.122. The van der Waals surface area contributed by atoms with Gasteiger partial charge in [0.05, 0.1) is 11.7 Å². The molecule has 2 aliphatic rings. The molecule has 1 amide bonds. The number of benzene rings is 1. The molecule has 0 bridgehead atoms. The molecule has 0 radical (unpaired) electrons. The van der Waals surface area contributed by atoms with E-state index in [4.69, 9.17) is 9.47 Å². The van der Waals surface area contributed by atoms with E-state index in [1.807, 2.05) is 18.2 Å². The minimum Gasteiger partial charge on any atom is -0.454 e. The lowest BCUT2D eigenvalue weighted by Crippen LogP contribution is -2.42. The first kappa shape index (κ1) is 18.9. The number of aromatic nitrogens is 2. The maximum Gasteiger partial charge on any atom is 0.236 e. The molecule has 1 saturated carbocycles. The molecule has 2 N–H and O–H groups in total. The van der Waals surface area contributed by atoms with Gasteiger partial charge in [-0.3, -0.25) is 14.8 Å². The summed E-state index contributed by atoms with van der Waals surface area (Å²) in [6, 6.07) is 5.62. The van der Waals surface area contributed by atoms with Crippen LogP contribution in [0.1, 0.15) is 37.7 Å². The number of nitrogens with zero attached hydrogens (tertiary/aromatic N) is 2. The summed E-state index contributed by atoms with van der Waals surface area (Å²) in [7, 11) is -3.45. The largest absolute Gasteiger partial charge is 0.454 e. The number of anilines is 2. The molecule has 2 heterocycles. The molecule has 4 rings (SSSR count). The number of carbonyl (C=O) groups is 1. The molecule has 0 atom stereocenters. The Hall–Kier alpha value is -2.40. The minimum absolute atomic E-state index is 0.110. The first-order valence-corrected chi connectivity index (χ1v) is 11.6. The van der Waals surface area contributed by atoms with Gasteiger partial charge in [0, 0.05) is 0 Å². The van der Waals surface area contributed by atoms with Gasteiger partial charge < -0.3 is 9.47 Å². The molecule has 2 aromatic rings. The molecule has 1 aromatic heterocycles. The highest BCUT2D eigenvalue weighted by Crippen LogP contribution is 2.44. The zero-order valence-corrected chi connectivity index (χ0v) is 16.9. The molecular formula is C17H20N4O5S2. The highest BCUT2D eigenvalue weighted by Gasteiger charge is 2.42. The molecule has 0 spiro atoms. The van der Waals surface area contributed by atoms with E-state index in [2.05, 4.69) is 20.2 Å².